The molecule has 0 bridgehead atoms. The smallest absolute Gasteiger partial charge is 0.241 e. The van der Waals surface area contributed by atoms with Crippen LogP contribution in [0.4, 0.5) is 4.39 Å². The Morgan fingerprint density at radius 3 is 2.68 bits per heavy atom. The second-order valence-electron chi connectivity index (χ2n) is 5.03. The summed E-state index contributed by atoms with van der Waals surface area (Å²) in [5, 5.41) is 2.89. The van der Waals surface area contributed by atoms with Gasteiger partial charge in [-0.25, -0.2) is 17.5 Å². The Balaban J connectivity index is 2.29. The summed E-state index contributed by atoms with van der Waals surface area (Å²) in [6.07, 6.45) is 2.10. The van der Waals surface area contributed by atoms with Gasteiger partial charge in [0.15, 0.2) is 0 Å². The molecular weight excluding hydrogens is 267 g/mol. The molecule has 1 aliphatic rings. The van der Waals surface area contributed by atoms with Crippen LogP contribution < -0.4 is 10.0 Å². The molecule has 1 atom stereocenters. The molecular formula is C13H19FN2O2S. The third kappa shape index (κ3) is 3.52. The molecule has 106 valence electrons. The Bertz CT molecular complexity index is 556. The summed E-state index contributed by atoms with van der Waals surface area (Å²) in [7, 11) is -1.95. The largest absolute Gasteiger partial charge is 0.316 e. The highest BCUT2D eigenvalue weighted by molar-refractivity contribution is 7.89. The molecule has 1 aromatic rings. The van der Waals surface area contributed by atoms with Gasteiger partial charge in [-0.1, -0.05) is 6.07 Å². The van der Waals surface area contributed by atoms with Gasteiger partial charge < -0.3 is 5.32 Å². The number of nitrogens with one attached hydrogen (secondary N) is 2. The molecule has 0 amide bonds. The zero-order valence-corrected chi connectivity index (χ0v) is 11.9. The van der Waals surface area contributed by atoms with E-state index in [-0.39, 0.29) is 10.9 Å². The van der Waals surface area contributed by atoms with Gasteiger partial charge in [-0.05, 0) is 50.4 Å². The number of benzene rings is 1. The van der Waals surface area contributed by atoms with Gasteiger partial charge >= 0.3 is 0 Å². The minimum Gasteiger partial charge on any atom is -0.316 e. The molecule has 0 spiro atoms. The number of rotatable bonds is 6. The zero-order chi connectivity index (χ0) is 14.0. The van der Waals surface area contributed by atoms with Crippen molar-refractivity contribution in [1.29, 1.82) is 0 Å². The van der Waals surface area contributed by atoms with Gasteiger partial charge in [-0.2, -0.15) is 0 Å². The Kier molecular flexibility index (Phi) is 4.23. The topological polar surface area (TPSA) is 58.2 Å². The van der Waals surface area contributed by atoms with Crippen LogP contribution in [0, 0.1) is 11.7 Å². The van der Waals surface area contributed by atoms with Gasteiger partial charge in [0, 0.05) is 12.6 Å². The summed E-state index contributed by atoms with van der Waals surface area (Å²) in [5.74, 6) is -0.129. The van der Waals surface area contributed by atoms with Crippen LogP contribution in [0.3, 0.4) is 0 Å². The fourth-order valence-electron chi connectivity index (χ4n) is 2.12. The van der Waals surface area contributed by atoms with Gasteiger partial charge in [0.1, 0.15) is 5.82 Å². The monoisotopic (exact) mass is 286 g/mol. The highest BCUT2D eigenvalue weighted by atomic mass is 32.2. The fourth-order valence-corrected chi connectivity index (χ4v) is 3.68. The Morgan fingerprint density at radius 2 is 2.11 bits per heavy atom. The Hall–Kier alpha value is -0.980. The predicted molar refractivity (Wildman–Crippen MR) is 71.7 cm³/mol. The standard InChI is InChI=1S/C13H19FN2O2S/c1-9(10-3-4-10)16-19(17,18)13-7-12(14)6-5-11(13)8-15-2/h5-7,9-10,15-16H,3-4,8H2,1-2H3. The van der Waals surface area contributed by atoms with Gasteiger partial charge in [-0.15, -0.1) is 0 Å². The van der Waals surface area contributed by atoms with E-state index in [1.165, 1.54) is 12.1 Å². The van der Waals surface area contributed by atoms with Crippen molar-refractivity contribution >= 4 is 10.0 Å². The summed E-state index contributed by atoms with van der Waals surface area (Å²) in [5.41, 5.74) is 0.569. The van der Waals surface area contributed by atoms with Gasteiger partial charge in [0.2, 0.25) is 10.0 Å². The number of sulfonamides is 1. The first-order valence-corrected chi connectivity index (χ1v) is 7.87. The minimum atomic E-state index is -3.67. The number of halogens is 1. The highest BCUT2D eigenvalue weighted by Gasteiger charge is 2.31. The van der Waals surface area contributed by atoms with E-state index in [9.17, 15) is 12.8 Å². The highest BCUT2D eigenvalue weighted by Crippen LogP contribution is 2.33. The SMILES string of the molecule is CNCc1ccc(F)cc1S(=O)(=O)NC(C)C1CC1. The molecule has 19 heavy (non-hydrogen) atoms. The quantitative estimate of drug-likeness (QED) is 0.835. The molecule has 1 unspecified atom stereocenters. The van der Waals surface area contributed by atoms with E-state index < -0.39 is 15.8 Å². The molecule has 1 fully saturated rings. The van der Waals surface area contributed by atoms with Crippen LogP contribution in [-0.4, -0.2) is 21.5 Å². The maximum absolute atomic E-state index is 13.3. The van der Waals surface area contributed by atoms with E-state index in [2.05, 4.69) is 10.0 Å². The van der Waals surface area contributed by atoms with E-state index in [4.69, 9.17) is 0 Å². The first-order chi connectivity index (χ1) is 8.94. The lowest BCUT2D eigenvalue weighted by Crippen LogP contribution is -2.34. The van der Waals surface area contributed by atoms with Crippen LogP contribution in [0.5, 0.6) is 0 Å². The normalized spacial score (nSPS) is 17.4. The molecule has 0 saturated heterocycles. The molecule has 6 heteroatoms. The van der Waals surface area contributed by atoms with E-state index in [0.29, 0.717) is 18.0 Å². The Morgan fingerprint density at radius 1 is 1.42 bits per heavy atom. The summed E-state index contributed by atoms with van der Waals surface area (Å²) >= 11 is 0. The summed E-state index contributed by atoms with van der Waals surface area (Å²) in [6, 6.07) is 3.75. The average Bonchev–Trinajstić information content (AvgIpc) is 3.15. The number of hydrogen-bond acceptors (Lipinski definition) is 3. The van der Waals surface area contributed by atoms with Gasteiger partial charge in [0.25, 0.3) is 0 Å². The van der Waals surface area contributed by atoms with Crippen LogP contribution in [-0.2, 0) is 16.6 Å². The van der Waals surface area contributed by atoms with E-state index >= 15 is 0 Å². The van der Waals surface area contributed by atoms with Crippen LogP contribution in [0.2, 0.25) is 0 Å². The first-order valence-electron chi connectivity index (χ1n) is 6.39. The third-order valence-electron chi connectivity index (χ3n) is 3.36. The van der Waals surface area contributed by atoms with Gasteiger partial charge in [0.05, 0.1) is 4.90 Å². The lowest BCUT2D eigenvalue weighted by molar-refractivity contribution is 0.535. The maximum atomic E-state index is 13.3. The first kappa shape index (κ1) is 14.4. The van der Waals surface area contributed by atoms with Crippen molar-refractivity contribution in [2.45, 2.75) is 37.2 Å². The van der Waals surface area contributed by atoms with Crippen molar-refractivity contribution < 1.29 is 12.8 Å². The van der Waals surface area contributed by atoms with Crippen LogP contribution in [0.25, 0.3) is 0 Å². The molecule has 0 aliphatic heterocycles. The van der Waals surface area contributed by atoms with Crippen molar-refractivity contribution in [3.63, 3.8) is 0 Å². The molecule has 1 aromatic carbocycles. The number of hydrogen-bond donors (Lipinski definition) is 2. The van der Waals surface area contributed by atoms with Crippen LogP contribution in [0.15, 0.2) is 23.1 Å². The van der Waals surface area contributed by atoms with E-state index in [0.717, 1.165) is 18.9 Å². The van der Waals surface area contributed by atoms with E-state index in [1.807, 2.05) is 6.92 Å². The second-order valence-corrected chi connectivity index (χ2v) is 6.71. The third-order valence-corrected chi connectivity index (χ3v) is 5.00. The Labute approximate surface area is 113 Å². The fraction of sp³-hybridized carbons (Fsp3) is 0.538. The van der Waals surface area contributed by atoms with Crippen molar-refractivity contribution in [3.05, 3.63) is 29.6 Å². The summed E-state index contributed by atoms with van der Waals surface area (Å²) in [6.45, 7) is 2.24. The zero-order valence-electron chi connectivity index (χ0n) is 11.1. The lowest BCUT2D eigenvalue weighted by atomic mass is 10.2. The minimum absolute atomic E-state index is 0.0225. The molecule has 0 heterocycles. The van der Waals surface area contributed by atoms with Gasteiger partial charge in [-0.3, -0.25) is 0 Å². The van der Waals surface area contributed by atoms with Crippen LogP contribution >= 0.6 is 0 Å². The average molecular weight is 286 g/mol. The van der Waals surface area contributed by atoms with Crippen molar-refractivity contribution in [1.82, 2.24) is 10.0 Å². The van der Waals surface area contributed by atoms with Crippen molar-refractivity contribution in [3.8, 4) is 0 Å². The molecule has 1 saturated carbocycles. The second kappa shape index (κ2) is 5.56. The maximum Gasteiger partial charge on any atom is 0.241 e. The summed E-state index contributed by atoms with van der Waals surface area (Å²) < 4.78 is 40.6. The lowest BCUT2D eigenvalue weighted by Gasteiger charge is -2.16. The molecule has 0 radical (unpaired) electrons. The molecule has 2 N–H and O–H groups in total. The van der Waals surface area contributed by atoms with E-state index in [1.54, 1.807) is 7.05 Å². The molecule has 2 rings (SSSR count). The molecule has 0 aromatic heterocycles. The predicted octanol–water partition coefficient (Wildman–Crippen LogP) is 1.62. The summed E-state index contributed by atoms with van der Waals surface area (Å²) in [4.78, 5) is 0.0225. The molecule has 1 aliphatic carbocycles. The van der Waals surface area contributed by atoms with Crippen molar-refractivity contribution in [2.24, 2.45) is 5.92 Å². The molecule has 4 nitrogen and oxygen atoms in total. The van der Waals surface area contributed by atoms with Crippen LogP contribution in [0.1, 0.15) is 25.3 Å². The van der Waals surface area contributed by atoms with Crippen molar-refractivity contribution in [2.75, 3.05) is 7.05 Å².